The normalized spacial score (nSPS) is 14.0. The van der Waals surface area contributed by atoms with Gasteiger partial charge >= 0.3 is 0 Å². The van der Waals surface area contributed by atoms with Gasteiger partial charge in [-0.2, -0.15) is 0 Å². The van der Waals surface area contributed by atoms with E-state index in [-0.39, 0.29) is 4.90 Å². The summed E-state index contributed by atoms with van der Waals surface area (Å²) in [5.41, 5.74) is 0.956. The summed E-state index contributed by atoms with van der Waals surface area (Å²) in [6, 6.07) is 11.8. The monoisotopic (exact) mass is 367 g/mol. The summed E-state index contributed by atoms with van der Waals surface area (Å²) in [4.78, 5) is 12.4. The first-order chi connectivity index (χ1) is 11.2. The van der Waals surface area contributed by atoms with Crippen molar-refractivity contribution in [3.8, 4) is 0 Å². The highest BCUT2D eigenvalue weighted by Gasteiger charge is 2.19. The molecule has 128 valence electrons. The third-order valence-corrected chi connectivity index (χ3v) is 4.97. The van der Waals surface area contributed by atoms with E-state index < -0.39 is 27.9 Å². The van der Waals surface area contributed by atoms with Gasteiger partial charge in [0, 0.05) is 16.8 Å². The largest absolute Gasteiger partial charge is 0.386 e. The maximum absolute atomic E-state index is 12.2. The van der Waals surface area contributed by atoms with E-state index in [2.05, 4.69) is 5.32 Å². The third-order valence-electron chi connectivity index (χ3n) is 3.59. The molecule has 24 heavy (non-hydrogen) atoms. The molecule has 2 N–H and O–H groups in total. The molecular formula is C17H18ClNO4S. The number of aliphatic hydroxyl groups is 1. The van der Waals surface area contributed by atoms with E-state index in [1.807, 2.05) is 0 Å². The van der Waals surface area contributed by atoms with Crippen molar-refractivity contribution in [2.75, 3.05) is 6.26 Å². The molecule has 5 nitrogen and oxygen atoms in total. The van der Waals surface area contributed by atoms with E-state index in [0.29, 0.717) is 16.1 Å². The number of amides is 1. The fourth-order valence-corrected chi connectivity index (χ4v) is 2.93. The second-order valence-electron chi connectivity index (χ2n) is 5.56. The molecule has 2 aromatic rings. The molecular weight excluding hydrogens is 350 g/mol. The van der Waals surface area contributed by atoms with Gasteiger partial charge in [-0.25, -0.2) is 8.42 Å². The molecule has 0 aliphatic carbocycles. The zero-order valence-electron chi connectivity index (χ0n) is 13.2. The van der Waals surface area contributed by atoms with Crippen LogP contribution in [0.1, 0.15) is 28.9 Å². The molecule has 0 heterocycles. The number of benzene rings is 2. The Labute approximate surface area is 146 Å². The molecule has 2 rings (SSSR count). The molecule has 2 aromatic carbocycles. The van der Waals surface area contributed by atoms with Crippen LogP contribution in [0, 0.1) is 0 Å². The van der Waals surface area contributed by atoms with Crippen molar-refractivity contribution in [2.24, 2.45) is 0 Å². The molecule has 0 bridgehead atoms. The van der Waals surface area contributed by atoms with Gasteiger partial charge in [-0.1, -0.05) is 23.7 Å². The van der Waals surface area contributed by atoms with Gasteiger partial charge in [0.25, 0.3) is 5.91 Å². The fraction of sp³-hybridized carbons (Fsp3) is 0.235. The maximum atomic E-state index is 12.2. The van der Waals surface area contributed by atoms with Crippen molar-refractivity contribution < 1.29 is 18.3 Å². The summed E-state index contributed by atoms with van der Waals surface area (Å²) >= 11 is 5.81. The molecule has 0 saturated carbocycles. The maximum Gasteiger partial charge on any atom is 0.251 e. The predicted octanol–water partition coefficient (Wildman–Crippen LogP) is 2.60. The minimum absolute atomic E-state index is 0.147. The van der Waals surface area contributed by atoms with Crippen LogP contribution in [-0.2, 0) is 9.84 Å². The van der Waals surface area contributed by atoms with Crippen LogP contribution in [-0.4, -0.2) is 31.7 Å². The Hall–Kier alpha value is -1.89. The fourth-order valence-electron chi connectivity index (χ4n) is 2.17. The lowest BCUT2D eigenvalue weighted by Crippen LogP contribution is -2.37. The first-order valence-corrected chi connectivity index (χ1v) is 9.50. The number of hydrogen-bond acceptors (Lipinski definition) is 4. The first kappa shape index (κ1) is 18.4. The lowest BCUT2D eigenvalue weighted by molar-refractivity contribution is 0.0852. The standard InChI is InChI=1S/C17H18ClNO4S/c1-11(16(20)12-3-7-14(18)8-4-12)19-17(21)13-5-9-15(10-6-13)24(2,22)23/h3-11,16,20H,1-2H3,(H,19,21)/t11-,16-/m1/s1. The lowest BCUT2D eigenvalue weighted by Gasteiger charge is -2.20. The van der Waals surface area contributed by atoms with E-state index in [9.17, 15) is 18.3 Å². The van der Waals surface area contributed by atoms with E-state index in [4.69, 9.17) is 11.6 Å². The van der Waals surface area contributed by atoms with Gasteiger partial charge in [-0.05, 0) is 48.9 Å². The van der Waals surface area contributed by atoms with Crippen LogP contribution in [0.3, 0.4) is 0 Å². The van der Waals surface area contributed by atoms with Crippen molar-refractivity contribution in [2.45, 2.75) is 24.0 Å². The Morgan fingerprint density at radius 3 is 2.12 bits per heavy atom. The SMILES string of the molecule is C[C@@H](NC(=O)c1ccc(S(C)(=O)=O)cc1)[C@@H](O)c1ccc(Cl)cc1. The molecule has 0 saturated heterocycles. The topological polar surface area (TPSA) is 83.5 Å². The second kappa shape index (κ2) is 7.34. The molecule has 1 amide bonds. The number of halogens is 1. The third kappa shape index (κ3) is 4.56. The molecule has 0 aliphatic heterocycles. The molecule has 7 heteroatoms. The molecule has 0 unspecified atom stereocenters. The highest BCUT2D eigenvalue weighted by Crippen LogP contribution is 2.19. The van der Waals surface area contributed by atoms with Crippen molar-refractivity contribution in [1.82, 2.24) is 5.32 Å². The smallest absolute Gasteiger partial charge is 0.251 e. The Morgan fingerprint density at radius 1 is 1.08 bits per heavy atom. The Kier molecular flexibility index (Phi) is 5.64. The summed E-state index contributed by atoms with van der Waals surface area (Å²) in [7, 11) is -3.30. The minimum atomic E-state index is -3.30. The summed E-state index contributed by atoms with van der Waals surface area (Å²) in [5, 5.41) is 13.5. The highest BCUT2D eigenvalue weighted by molar-refractivity contribution is 7.90. The van der Waals surface area contributed by atoms with Crippen molar-refractivity contribution in [3.05, 3.63) is 64.7 Å². The van der Waals surface area contributed by atoms with Gasteiger partial charge < -0.3 is 10.4 Å². The molecule has 0 spiro atoms. The van der Waals surface area contributed by atoms with E-state index in [0.717, 1.165) is 6.26 Å². The van der Waals surface area contributed by atoms with Gasteiger partial charge in [0.15, 0.2) is 9.84 Å². The van der Waals surface area contributed by atoms with E-state index in [1.54, 1.807) is 31.2 Å². The summed E-state index contributed by atoms with van der Waals surface area (Å²) < 4.78 is 22.8. The Morgan fingerprint density at radius 2 is 1.62 bits per heavy atom. The quantitative estimate of drug-likeness (QED) is 0.850. The van der Waals surface area contributed by atoms with Crippen LogP contribution < -0.4 is 5.32 Å². The van der Waals surface area contributed by atoms with Crippen LogP contribution in [0.15, 0.2) is 53.4 Å². The van der Waals surface area contributed by atoms with Crippen LogP contribution >= 0.6 is 11.6 Å². The summed E-state index contributed by atoms with van der Waals surface area (Å²) in [6.45, 7) is 1.68. The molecule has 0 fully saturated rings. The number of hydrogen-bond donors (Lipinski definition) is 2. The van der Waals surface area contributed by atoms with Crippen LogP contribution in [0.4, 0.5) is 0 Å². The second-order valence-corrected chi connectivity index (χ2v) is 8.01. The van der Waals surface area contributed by atoms with Crippen molar-refractivity contribution in [1.29, 1.82) is 0 Å². The highest BCUT2D eigenvalue weighted by atomic mass is 35.5. The van der Waals surface area contributed by atoms with Gasteiger partial charge in [0.05, 0.1) is 17.0 Å². The predicted molar refractivity (Wildman–Crippen MR) is 92.9 cm³/mol. The average molecular weight is 368 g/mol. The zero-order chi connectivity index (χ0) is 17.9. The number of rotatable bonds is 5. The molecule has 0 aliphatic rings. The van der Waals surface area contributed by atoms with E-state index in [1.165, 1.54) is 24.3 Å². The van der Waals surface area contributed by atoms with Gasteiger partial charge in [-0.3, -0.25) is 4.79 Å². The number of aliphatic hydroxyl groups excluding tert-OH is 1. The number of sulfone groups is 1. The van der Waals surface area contributed by atoms with Crippen LogP contribution in [0.25, 0.3) is 0 Å². The zero-order valence-corrected chi connectivity index (χ0v) is 14.8. The average Bonchev–Trinajstić information content (AvgIpc) is 2.54. The van der Waals surface area contributed by atoms with Gasteiger partial charge in [-0.15, -0.1) is 0 Å². The van der Waals surface area contributed by atoms with Crippen LogP contribution in [0.5, 0.6) is 0 Å². The lowest BCUT2D eigenvalue weighted by atomic mass is 10.0. The van der Waals surface area contributed by atoms with Gasteiger partial charge in [0.2, 0.25) is 0 Å². The number of carbonyl (C=O) groups is 1. The first-order valence-electron chi connectivity index (χ1n) is 7.23. The van der Waals surface area contributed by atoms with E-state index >= 15 is 0 Å². The van der Waals surface area contributed by atoms with Crippen LogP contribution in [0.2, 0.25) is 5.02 Å². The number of carbonyl (C=O) groups excluding carboxylic acids is 1. The van der Waals surface area contributed by atoms with Gasteiger partial charge in [0.1, 0.15) is 0 Å². The summed E-state index contributed by atoms with van der Waals surface area (Å²) in [5.74, 6) is -0.393. The number of nitrogens with one attached hydrogen (secondary N) is 1. The molecule has 0 radical (unpaired) electrons. The minimum Gasteiger partial charge on any atom is -0.386 e. The summed E-state index contributed by atoms with van der Waals surface area (Å²) in [6.07, 6.45) is 0.216. The molecule has 2 atom stereocenters. The van der Waals surface area contributed by atoms with Crippen molar-refractivity contribution in [3.63, 3.8) is 0 Å². The molecule has 0 aromatic heterocycles. The Balaban J connectivity index is 2.06. The van der Waals surface area contributed by atoms with Crippen molar-refractivity contribution >= 4 is 27.3 Å². The Bertz CT molecular complexity index is 817.